The lowest BCUT2D eigenvalue weighted by molar-refractivity contribution is -0.116. The molecule has 1 aromatic heterocycles. The van der Waals surface area contributed by atoms with Gasteiger partial charge in [0.25, 0.3) is 0 Å². The summed E-state index contributed by atoms with van der Waals surface area (Å²) in [5.74, 6) is 0.490. The first kappa shape index (κ1) is 18.7. The number of hydrogen-bond acceptors (Lipinski definition) is 3. The summed E-state index contributed by atoms with van der Waals surface area (Å²) in [7, 11) is 1.58. The molecule has 2 aromatic carbocycles. The molecule has 0 spiro atoms. The van der Waals surface area contributed by atoms with Crippen LogP contribution < -0.4 is 10.1 Å². The first-order chi connectivity index (χ1) is 13.2. The molecule has 0 aliphatic carbocycles. The van der Waals surface area contributed by atoms with Crippen molar-refractivity contribution in [1.29, 1.82) is 0 Å². The number of rotatable bonds is 7. The van der Waals surface area contributed by atoms with E-state index in [2.05, 4.69) is 10.4 Å². The van der Waals surface area contributed by atoms with Crippen LogP contribution >= 0.6 is 11.6 Å². The van der Waals surface area contributed by atoms with Gasteiger partial charge in [0.05, 0.1) is 19.0 Å². The molecule has 3 aromatic rings. The molecular weight excluding hydrogens is 362 g/mol. The molecule has 5 nitrogen and oxygen atoms in total. The minimum Gasteiger partial charge on any atom is -0.496 e. The molecule has 1 heterocycles. The summed E-state index contributed by atoms with van der Waals surface area (Å²) in [6.45, 7) is 0.524. The molecule has 0 atom stereocenters. The number of nitrogens with zero attached hydrogens (tertiary/aromatic N) is 2. The number of nitrogens with one attached hydrogen (secondary N) is 1. The molecule has 0 aliphatic heterocycles. The Balaban J connectivity index is 1.52. The normalized spacial score (nSPS) is 10.9. The van der Waals surface area contributed by atoms with Gasteiger partial charge in [-0.1, -0.05) is 29.8 Å². The molecule has 1 amide bonds. The highest BCUT2D eigenvalue weighted by Crippen LogP contribution is 2.23. The van der Waals surface area contributed by atoms with Crippen LogP contribution in [0.1, 0.15) is 11.1 Å². The van der Waals surface area contributed by atoms with E-state index in [9.17, 15) is 4.79 Å². The number of carbonyl (C=O) groups is 1. The van der Waals surface area contributed by atoms with Crippen LogP contribution in [0.5, 0.6) is 5.75 Å². The van der Waals surface area contributed by atoms with Crippen LogP contribution in [0, 0.1) is 0 Å². The fourth-order valence-electron chi connectivity index (χ4n) is 2.60. The second-order valence-corrected chi connectivity index (χ2v) is 6.33. The third-order valence-electron chi connectivity index (χ3n) is 3.98. The van der Waals surface area contributed by atoms with Crippen molar-refractivity contribution in [2.45, 2.75) is 6.42 Å². The van der Waals surface area contributed by atoms with Crippen LogP contribution in [0.25, 0.3) is 11.8 Å². The number of hydrogen-bond donors (Lipinski definition) is 1. The van der Waals surface area contributed by atoms with Crippen LogP contribution in [-0.2, 0) is 11.2 Å². The molecule has 0 radical (unpaired) electrons. The Labute approximate surface area is 163 Å². The van der Waals surface area contributed by atoms with Gasteiger partial charge in [-0.25, -0.2) is 4.68 Å². The van der Waals surface area contributed by atoms with Gasteiger partial charge in [0.2, 0.25) is 5.91 Å². The Morgan fingerprint density at radius 3 is 2.85 bits per heavy atom. The molecule has 0 saturated carbocycles. The van der Waals surface area contributed by atoms with E-state index < -0.39 is 0 Å². The van der Waals surface area contributed by atoms with E-state index in [0.717, 1.165) is 16.8 Å². The van der Waals surface area contributed by atoms with Gasteiger partial charge in [-0.05, 0) is 48.4 Å². The van der Waals surface area contributed by atoms with Gasteiger partial charge in [0.15, 0.2) is 0 Å². The van der Waals surface area contributed by atoms with Gasteiger partial charge in [-0.15, -0.1) is 0 Å². The van der Waals surface area contributed by atoms with Crippen molar-refractivity contribution < 1.29 is 9.53 Å². The highest BCUT2D eigenvalue weighted by Gasteiger charge is 2.03. The van der Waals surface area contributed by atoms with Crippen molar-refractivity contribution in [3.8, 4) is 11.4 Å². The van der Waals surface area contributed by atoms with E-state index in [1.165, 1.54) is 6.08 Å². The van der Waals surface area contributed by atoms with Gasteiger partial charge in [0.1, 0.15) is 5.75 Å². The first-order valence-corrected chi connectivity index (χ1v) is 8.92. The standard InChI is InChI=1S/C21H20ClN3O2/c1-27-20-9-8-18(22)13-17(20)7-10-21(26)23-12-11-16-14-24-25(15-16)19-5-3-2-4-6-19/h2-10,13-15H,11-12H2,1H3,(H,23,26)/b10-7+. The van der Waals surface area contributed by atoms with Crippen molar-refractivity contribution in [3.05, 3.63) is 83.2 Å². The molecule has 6 heteroatoms. The van der Waals surface area contributed by atoms with Crippen LogP contribution in [0.15, 0.2) is 67.0 Å². The van der Waals surface area contributed by atoms with E-state index >= 15 is 0 Å². The Hall–Kier alpha value is -3.05. The molecule has 0 bridgehead atoms. The zero-order valence-corrected chi connectivity index (χ0v) is 15.7. The lowest BCUT2D eigenvalue weighted by Crippen LogP contribution is -2.23. The SMILES string of the molecule is COc1ccc(Cl)cc1/C=C/C(=O)NCCc1cnn(-c2ccccc2)c1. The molecular formula is C21H20ClN3O2. The van der Waals surface area contributed by atoms with Crippen molar-refractivity contribution in [1.82, 2.24) is 15.1 Å². The molecule has 27 heavy (non-hydrogen) atoms. The number of aromatic nitrogens is 2. The Morgan fingerprint density at radius 2 is 2.07 bits per heavy atom. The predicted octanol–water partition coefficient (Wildman–Crippen LogP) is 3.91. The highest BCUT2D eigenvalue weighted by atomic mass is 35.5. The number of para-hydroxylation sites is 1. The topological polar surface area (TPSA) is 56.1 Å². The van der Waals surface area contributed by atoms with Crippen molar-refractivity contribution >= 4 is 23.6 Å². The summed E-state index contributed by atoms with van der Waals surface area (Å²) >= 11 is 5.99. The summed E-state index contributed by atoms with van der Waals surface area (Å²) in [5, 5.41) is 7.81. The third-order valence-corrected chi connectivity index (χ3v) is 4.21. The largest absolute Gasteiger partial charge is 0.496 e. The molecule has 1 N–H and O–H groups in total. The summed E-state index contributed by atoms with van der Waals surface area (Å²) in [6, 6.07) is 15.2. The van der Waals surface area contributed by atoms with Gasteiger partial charge < -0.3 is 10.1 Å². The minimum atomic E-state index is -0.174. The second-order valence-electron chi connectivity index (χ2n) is 5.89. The average Bonchev–Trinajstić information content (AvgIpc) is 3.16. The van der Waals surface area contributed by atoms with Gasteiger partial charge in [-0.2, -0.15) is 5.10 Å². The molecule has 0 fully saturated rings. The maximum atomic E-state index is 12.0. The van der Waals surface area contributed by atoms with E-state index in [4.69, 9.17) is 16.3 Å². The van der Waals surface area contributed by atoms with Crippen LogP contribution in [0.4, 0.5) is 0 Å². The number of amides is 1. The number of carbonyl (C=O) groups excluding carboxylic acids is 1. The summed E-state index contributed by atoms with van der Waals surface area (Å²) < 4.78 is 7.08. The summed E-state index contributed by atoms with van der Waals surface area (Å²) in [4.78, 5) is 12.0. The number of benzene rings is 2. The maximum absolute atomic E-state index is 12.0. The Kier molecular flexibility index (Phi) is 6.28. The van der Waals surface area contributed by atoms with E-state index in [1.54, 1.807) is 31.4 Å². The van der Waals surface area contributed by atoms with E-state index in [-0.39, 0.29) is 5.91 Å². The molecule has 0 unspecified atom stereocenters. The fraction of sp³-hybridized carbons (Fsp3) is 0.143. The number of ether oxygens (including phenoxy) is 1. The molecule has 3 rings (SSSR count). The van der Waals surface area contributed by atoms with Crippen molar-refractivity contribution in [3.63, 3.8) is 0 Å². The quantitative estimate of drug-likeness (QED) is 0.631. The molecule has 138 valence electrons. The molecule has 0 aliphatic rings. The third kappa shape index (κ3) is 5.21. The maximum Gasteiger partial charge on any atom is 0.244 e. The minimum absolute atomic E-state index is 0.174. The lowest BCUT2D eigenvalue weighted by Gasteiger charge is -2.05. The number of halogens is 1. The van der Waals surface area contributed by atoms with Gasteiger partial charge >= 0.3 is 0 Å². The number of methoxy groups -OCH3 is 1. The Morgan fingerprint density at radius 1 is 1.26 bits per heavy atom. The van der Waals surface area contributed by atoms with E-state index in [0.29, 0.717) is 23.7 Å². The smallest absolute Gasteiger partial charge is 0.244 e. The van der Waals surface area contributed by atoms with Crippen molar-refractivity contribution in [2.24, 2.45) is 0 Å². The second kappa shape index (κ2) is 9.05. The highest BCUT2D eigenvalue weighted by molar-refractivity contribution is 6.30. The van der Waals surface area contributed by atoms with Crippen LogP contribution in [0.2, 0.25) is 5.02 Å². The zero-order chi connectivity index (χ0) is 19.1. The van der Waals surface area contributed by atoms with Crippen LogP contribution in [-0.4, -0.2) is 29.3 Å². The summed E-state index contributed by atoms with van der Waals surface area (Å²) in [6.07, 6.45) is 7.64. The lowest BCUT2D eigenvalue weighted by atomic mass is 10.2. The van der Waals surface area contributed by atoms with Crippen molar-refractivity contribution in [2.75, 3.05) is 13.7 Å². The van der Waals surface area contributed by atoms with Gasteiger partial charge in [0, 0.05) is 29.4 Å². The fourth-order valence-corrected chi connectivity index (χ4v) is 2.78. The zero-order valence-electron chi connectivity index (χ0n) is 14.9. The monoisotopic (exact) mass is 381 g/mol. The van der Waals surface area contributed by atoms with Gasteiger partial charge in [-0.3, -0.25) is 4.79 Å². The van der Waals surface area contributed by atoms with E-state index in [1.807, 2.05) is 47.4 Å². The predicted molar refractivity (Wildman–Crippen MR) is 107 cm³/mol. The Bertz CT molecular complexity index is 936. The first-order valence-electron chi connectivity index (χ1n) is 8.54. The average molecular weight is 382 g/mol. The molecule has 0 saturated heterocycles. The van der Waals surface area contributed by atoms with Crippen LogP contribution in [0.3, 0.4) is 0 Å². The summed E-state index contributed by atoms with van der Waals surface area (Å²) in [5.41, 5.74) is 2.81.